The summed E-state index contributed by atoms with van der Waals surface area (Å²) in [6.45, 7) is 3.78. The van der Waals surface area contributed by atoms with Crippen LogP contribution in [0.4, 0.5) is 4.39 Å². The van der Waals surface area contributed by atoms with E-state index in [1.807, 2.05) is 6.92 Å². The highest BCUT2D eigenvalue weighted by molar-refractivity contribution is 5.93. The molecule has 0 spiro atoms. The van der Waals surface area contributed by atoms with E-state index in [2.05, 4.69) is 9.97 Å². The second kappa shape index (κ2) is 6.04. The van der Waals surface area contributed by atoms with Gasteiger partial charge < -0.3 is 10.0 Å². The highest BCUT2D eigenvalue weighted by atomic mass is 19.1. The van der Waals surface area contributed by atoms with Crippen molar-refractivity contribution in [3.05, 3.63) is 58.9 Å². The molecule has 2 heterocycles. The Bertz CT molecular complexity index is 713. The summed E-state index contributed by atoms with van der Waals surface area (Å²) in [5, 5.41) is 9.99. The van der Waals surface area contributed by atoms with E-state index < -0.39 is 6.10 Å². The number of benzene rings is 1. The van der Waals surface area contributed by atoms with Gasteiger partial charge in [0.05, 0.1) is 12.1 Å². The van der Waals surface area contributed by atoms with Crippen molar-refractivity contribution in [2.75, 3.05) is 6.54 Å². The smallest absolute Gasteiger partial charge is 0.273 e. The molecule has 0 bridgehead atoms. The Labute approximate surface area is 133 Å². The molecule has 1 amide bonds. The van der Waals surface area contributed by atoms with Gasteiger partial charge in [-0.05, 0) is 44.0 Å². The van der Waals surface area contributed by atoms with Crippen LogP contribution in [0.15, 0.2) is 30.3 Å². The lowest BCUT2D eigenvalue weighted by Gasteiger charge is -2.24. The van der Waals surface area contributed by atoms with Crippen molar-refractivity contribution in [3.8, 4) is 0 Å². The number of aryl methyl sites for hydroxylation is 2. The Hall–Kier alpha value is -2.34. The lowest BCUT2D eigenvalue weighted by atomic mass is 10.0. The molecule has 120 valence electrons. The number of hydrogen-bond donors (Lipinski definition) is 1. The first-order valence-corrected chi connectivity index (χ1v) is 7.51. The highest BCUT2D eigenvalue weighted by Crippen LogP contribution is 2.33. The Morgan fingerprint density at radius 2 is 1.96 bits per heavy atom. The van der Waals surface area contributed by atoms with Crippen molar-refractivity contribution in [3.63, 3.8) is 0 Å². The zero-order valence-electron chi connectivity index (χ0n) is 13.0. The van der Waals surface area contributed by atoms with Gasteiger partial charge in [-0.1, -0.05) is 12.1 Å². The van der Waals surface area contributed by atoms with Gasteiger partial charge in [-0.2, -0.15) is 0 Å². The third-order valence-corrected chi connectivity index (χ3v) is 3.98. The molecule has 1 aliphatic rings. The van der Waals surface area contributed by atoms with Crippen LogP contribution in [0, 0.1) is 19.7 Å². The number of aliphatic hydroxyl groups excluding tert-OH is 1. The molecule has 2 aromatic rings. The Kier molecular flexibility index (Phi) is 4.09. The maximum Gasteiger partial charge on any atom is 0.273 e. The quantitative estimate of drug-likeness (QED) is 0.922. The minimum absolute atomic E-state index is 0.239. The number of carbonyl (C=O) groups is 1. The summed E-state index contributed by atoms with van der Waals surface area (Å²) in [7, 11) is 0. The Morgan fingerprint density at radius 3 is 2.61 bits per heavy atom. The number of β-amino-alcohol motifs (C(OH)–C–C–N with tert-alkyl or cyclic N) is 1. The topological polar surface area (TPSA) is 66.3 Å². The molecular formula is C17H18FN3O2. The number of amides is 1. The van der Waals surface area contributed by atoms with Gasteiger partial charge in [0.25, 0.3) is 5.91 Å². The average molecular weight is 315 g/mol. The lowest BCUT2D eigenvalue weighted by Crippen LogP contribution is -2.32. The number of aromatic nitrogens is 2. The van der Waals surface area contributed by atoms with Crippen LogP contribution in [0.5, 0.6) is 0 Å². The van der Waals surface area contributed by atoms with Gasteiger partial charge in [-0.25, -0.2) is 14.4 Å². The van der Waals surface area contributed by atoms with Crippen molar-refractivity contribution in [2.45, 2.75) is 32.4 Å². The van der Waals surface area contributed by atoms with Crippen LogP contribution in [0.1, 0.15) is 40.0 Å². The summed E-state index contributed by atoms with van der Waals surface area (Å²) >= 11 is 0. The SMILES string of the molecule is Cc1cc(C(=O)N2C[C@@H](O)C[C@@H]2c2ccc(F)cc2)nc(C)n1. The summed E-state index contributed by atoms with van der Waals surface area (Å²) < 4.78 is 13.1. The van der Waals surface area contributed by atoms with Crippen LogP contribution in [0.2, 0.25) is 0 Å². The van der Waals surface area contributed by atoms with E-state index in [1.54, 1.807) is 30.0 Å². The predicted molar refractivity (Wildman–Crippen MR) is 82.3 cm³/mol. The summed E-state index contributed by atoms with van der Waals surface area (Å²) in [4.78, 5) is 22.8. The molecule has 6 heteroatoms. The zero-order valence-corrected chi connectivity index (χ0v) is 13.0. The molecule has 0 unspecified atom stereocenters. The third kappa shape index (κ3) is 3.22. The largest absolute Gasteiger partial charge is 0.391 e. The van der Waals surface area contributed by atoms with E-state index in [1.165, 1.54) is 12.1 Å². The molecule has 3 rings (SSSR count). The Balaban J connectivity index is 1.92. The first kappa shape index (κ1) is 15.6. The van der Waals surface area contributed by atoms with Crippen LogP contribution in [-0.4, -0.2) is 38.5 Å². The van der Waals surface area contributed by atoms with Crippen LogP contribution < -0.4 is 0 Å². The van der Waals surface area contributed by atoms with Crippen LogP contribution in [0.3, 0.4) is 0 Å². The van der Waals surface area contributed by atoms with E-state index in [9.17, 15) is 14.3 Å². The van der Waals surface area contributed by atoms with Crippen LogP contribution in [-0.2, 0) is 0 Å². The molecule has 1 saturated heterocycles. The van der Waals surface area contributed by atoms with Gasteiger partial charge in [0.15, 0.2) is 0 Å². The molecule has 1 N–H and O–H groups in total. The number of likely N-dealkylation sites (tertiary alicyclic amines) is 1. The number of rotatable bonds is 2. The van der Waals surface area contributed by atoms with Crippen molar-refractivity contribution in [2.24, 2.45) is 0 Å². The molecule has 23 heavy (non-hydrogen) atoms. The first-order chi connectivity index (χ1) is 10.9. The van der Waals surface area contributed by atoms with E-state index in [0.717, 1.165) is 11.3 Å². The molecule has 1 aliphatic heterocycles. The summed E-state index contributed by atoms with van der Waals surface area (Å²) in [6, 6.07) is 7.38. The van der Waals surface area contributed by atoms with Crippen molar-refractivity contribution in [1.82, 2.24) is 14.9 Å². The van der Waals surface area contributed by atoms with E-state index >= 15 is 0 Å². The van der Waals surface area contributed by atoms with E-state index in [-0.39, 0.29) is 24.3 Å². The number of nitrogens with zero attached hydrogens (tertiary/aromatic N) is 3. The second-order valence-electron chi connectivity index (χ2n) is 5.86. The molecule has 5 nitrogen and oxygen atoms in total. The molecule has 0 aliphatic carbocycles. The lowest BCUT2D eigenvalue weighted by molar-refractivity contribution is 0.0709. The van der Waals surface area contributed by atoms with Gasteiger partial charge in [0, 0.05) is 12.2 Å². The fourth-order valence-corrected chi connectivity index (χ4v) is 3.01. The number of halogens is 1. The molecule has 1 aromatic carbocycles. The third-order valence-electron chi connectivity index (χ3n) is 3.98. The summed E-state index contributed by atoms with van der Waals surface area (Å²) in [6.07, 6.45) is -0.168. The van der Waals surface area contributed by atoms with Crippen molar-refractivity contribution < 1.29 is 14.3 Å². The predicted octanol–water partition coefficient (Wildman–Crippen LogP) is 2.18. The van der Waals surface area contributed by atoms with Crippen LogP contribution >= 0.6 is 0 Å². The second-order valence-corrected chi connectivity index (χ2v) is 5.86. The minimum Gasteiger partial charge on any atom is -0.391 e. The van der Waals surface area contributed by atoms with Crippen LogP contribution in [0.25, 0.3) is 0 Å². The standard InChI is InChI=1S/C17H18FN3O2/c1-10-7-15(20-11(2)19-10)17(23)21-9-14(22)8-16(21)12-3-5-13(18)6-4-12/h3-7,14,16,22H,8-9H2,1-2H3/t14-,16+/m0/s1. The van der Waals surface area contributed by atoms with Crippen molar-refractivity contribution in [1.29, 1.82) is 0 Å². The molecule has 1 fully saturated rings. The minimum atomic E-state index is -0.599. The molecule has 0 radical (unpaired) electrons. The highest BCUT2D eigenvalue weighted by Gasteiger charge is 2.36. The molecule has 2 atom stereocenters. The molecule has 1 aromatic heterocycles. The monoisotopic (exact) mass is 315 g/mol. The summed E-state index contributed by atoms with van der Waals surface area (Å²) in [5.41, 5.74) is 1.84. The first-order valence-electron chi connectivity index (χ1n) is 7.51. The maximum absolute atomic E-state index is 13.1. The molecular weight excluding hydrogens is 297 g/mol. The van der Waals surface area contributed by atoms with Gasteiger partial charge >= 0.3 is 0 Å². The zero-order chi connectivity index (χ0) is 16.6. The molecule has 0 saturated carbocycles. The fraction of sp³-hybridized carbons (Fsp3) is 0.353. The summed E-state index contributed by atoms with van der Waals surface area (Å²) in [5.74, 6) is -0.0388. The number of carbonyl (C=O) groups excluding carboxylic acids is 1. The van der Waals surface area contributed by atoms with Gasteiger partial charge in [0.1, 0.15) is 17.3 Å². The Morgan fingerprint density at radius 1 is 1.26 bits per heavy atom. The number of aliphatic hydroxyl groups is 1. The average Bonchev–Trinajstić information content (AvgIpc) is 2.88. The number of hydrogen-bond acceptors (Lipinski definition) is 4. The van der Waals surface area contributed by atoms with Gasteiger partial charge in [0.2, 0.25) is 0 Å². The van der Waals surface area contributed by atoms with Crippen molar-refractivity contribution >= 4 is 5.91 Å². The van der Waals surface area contributed by atoms with Gasteiger partial charge in [-0.3, -0.25) is 4.79 Å². The van der Waals surface area contributed by atoms with Gasteiger partial charge in [-0.15, -0.1) is 0 Å². The van der Waals surface area contributed by atoms with E-state index in [0.29, 0.717) is 17.9 Å². The normalized spacial score (nSPS) is 20.8. The maximum atomic E-state index is 13.1. The fourth-order valence-electron chi connectivity index (χ4n) is 3.01. The van der Waals surface area contributed by atoms with E-state index in [4.69, 9.17) is 0 Å².